The van der Waals surface area contributed by atoms with E-state index in [4.69, 9.17) is 4.74 Å². The minimum Gasteiger partial charge on any atom is -0.508 e. The van der Waals surface area contributed by atoms with Gasteiger partial charge in [-0.2, -0.15) is 0 Å². The molecule has 1 aromatic carbocycles. The molecule has 0 spiro atoms. The first-order valence-electron chi connectivity index (χ1n) is 8.48. The number of ether oxygens (including phenoxy) is 1. The second kappa shape index (κ2) is 5.49. The van der Waals surface area contributed by atoms with E-state index in [0.717, 1.165) is 5.56 Å². The van der Waals surface area contributed by atoms with Gasteiger partial charge in [0.2, 0.25) is 0 Å². The smallest absolute Gasteiger partial charge is 0.121 e. The van der Waals surface area contributed by atoms with Gasteiger partial charge in [-0.1, -0.05) is 42.7 Å². The first kappa shape index (κ1) is 13.4. The standard InChI is InChI=1S/C19H24O2/c20-17-11-5-3-10-16(17)19-15-9-2-1-7-13(15)14-8-4-6-12-18(14)21-19/h3,5,7,10-11,14-15,18-20H,1-2,4,6,8-9,12H2/t14-,15+,18-,19+/m0/s1. The van der Waals surface area contributed by atoms with Crippen molar-refractivity contribution < 1.29 is 9.84 Å². The lowest BCUT2D eigenvalue weighted by Gasteiger charge is -2.47. The molecule has 3 aliphatic rings. The maximum absolute atomic E-state index is 10.2. The Kier molecular flexibility index (Phi) is 3.50. The fourth-order valence-electron chi connectivity index (χ4n) is 4.62. The van der Waals surface area contributed by atoms with Crippen LogP contribution in [0.2, 0.25) is 0 Å². The molecule has 1 aromatic rings. The van der Waals surface area contributed by atoms with Crippen molar-refractivity contribution in [2.75, 3.05) is 0 Å². The molecule has 0 bridgehead atoms. The number of hydrogen-bond acceptors (Lipinski definition) is 2. The highest BCUT2D eigenvalue weighted by atomic mass is 16.5. The lowest BCUT2D eigenvalue weighted by Crippen LogP contribution is -2.41. The van der Waals surface area contributed by atoms with E-state index in [0.29, 0.717) is 23.7 Å². The van der Waals surface area contributed by atoms with Crippen LogP contribution in [0.5, 0.6) is 5.75 Å². The first-order valence-corrected chi connectivity index (χ1v) is 8.48. The molecule has 21 heavy (non-hydrogen) atoms. The van der Waals surface area contributed by atoms with E-state index in [1.165, 1.54) is 44.9 Å². The molecule has 2 fully saturated rings. The maximum atomic E-state index is 10.2. The highest BCUT2D eigenvalue weighted by Crippen LogP contribution is 2.52. The van der Waals surface area contributed by atoms with Crippen LogP contribution in [0.4, 0.5) is 0 Å². The Morgan fingerprint density at radius 1 is 0.952 bits per heavy atom. The van der Waals surface area contributed by atoms with E-state index in [-0.39, 0.29) is 6.10 Å². The maximum Gasteiger partial charge on any atom is 0.121 e. The number of aromatic hydroxyl groups is 1. The Morgan fingerprint density at radius 2 is 1.76 bits per heavy atom. The predicted octanol–water partition coefficient (Wildman–Crippen LogP) is 4.75. The molecule has 0 radical (unpaired) electrons. The molecule has 4 rings (SSSR count). The quantitative estimate of drug-likeness (QED) is 0.754. The summed E-state index contributed by atoms with van der Waals surface area (Å²) in [5.74, 6) is 1.51. The number of phenolic OH excluding ortho intramolecular Hbond substituents is 1. The van der Waals surface area contributed by atoms with Gasteiger partial charge in [0.25, 0.3) is 0 Å². The van der Waals surface area contributed by atoms with Gasteiger partial charge in [0, 0.05) is 17.4 Å². The zero-order chi connectivity index (χ0) is 14.2. The summed E-state index contributed by atoms with van der Waals surface area (Å²) in [6.45, 7) is 0. The SMILES string of the molecule is Oc1ccccc1[C@@H]1O[C@H]2CCCC[C@H]2C2=CCCC[C@H]21. The second-order valence-electron chi connectivity index (χ2n) is 6.79. The van der Waals surface area contributed by atoms with Crippen molar-refractivity contribution in [1.82, 2.24) is 0 Å². The van der Waals surface area contributed by atoms with E-state index >= 15 is 0 Å². The molecular formula is C19H24O2. The average Bonchev–Trinajstić information content (AvgIpc) is 2.55. The van der Waals surface area contributed by atoms with Gasteiger partial charge in [0.05, 0.1) is 12.2 Å². The average molecular weight is 284 g/mol. The largest absolute Gasteiger partial charge is 0.508 e. The lowest BCUT2D eigenvalue weighted by atomic mass is 9.68. The van der Waals surface area contributed by atoms with Gasteiger partial charge in [-0.15, -0.1) is 0 Å². The summed E-state index contributed by atoms with van der Waals surface area (Å²) in [5.41, 5.74) is 2.63. The molecule has 4 atom stereocenters. The van der Waals surface area contributed by atoms with Crippen molar-refractivity contribution in [3.05, 3.63) is 41.5 Å². The van der Waals surface area contributed by atoms with Gasteiger partial charge >= 0.3 is 0 Å². The van der Waals surface area contributed by atoms with Crippen molar-refractivity contribution >= 4 is 0 Å². The van der Waals surface area contributed by atoms with Crippen LogP contribution in [0, 0.1) is 11.8 Å². The van der Waals surface area contributed by atoms with Gasteiger partial charge < -0.3 is 9.84 Å². The highest BCUT2D eigenvalue weighted by Gasteiger charge is 2.44. The third kappa shape index (κ3) is 2.30. The minimum atomic E-state index is 0.0529. The number of hydrogen-bond donors (Lipinski definition) is 1. The Bertz CT molecular complexity index is 548. The second-order valence-corrected chi connectivity index (χ2v) is 6.79. The van der Waals surface area contributed by atoms with Crippen LogP contribution in [0.25, 0.3) is 0 Å². The summed E-state index contributed by atoms with van der Waals surface area (Å²) >= 11 is 0. The summed E-state index contributed by atoms with van der Waals surface area (Å²) in [4.78, 5) is 0. The fourth-order valence-corrected chi connectivity index (χ4v) is 4.62. The van der Waals surface area contributed by atoms with E-state index in [9.17, 15) is 5.11 Å². The summed E-state index contributed by atoms with van der Waals surface area (Å²) in [5, 5.41) is 10.2. The Labute approximate surface area is 126 Å². The van der Waals surface area contributed by atoms with Crippen molar-refractivity contribution in [3.8, 4) is 5.75 Å². The van der Waals surface area contributed by atoms with Crippen LogP contribution in [-0.4, -0.2) is 11.2 Å². The van der Waals surface area contributed by atoms with Crippen LogP contribution in [0.15, 0.2) is 35.9 Å². The molecular weight excluding hydrogens is 260 g/mol. The third-order valence-corrected chi connectivity index (χ3v) is 5.59. The number of allylic oxidation sites excluding steroid dienone is 1. The Morgan fingerprint density at radius 3 is 2.67 bits per heavy atom. The molecule has 1 saturated heterocycles. The molecule has 2 aliphatic carbocycles. The van der Waals surface area contributed by atoms with Crippen molar-refractivity contribution in [2.24, 2.45) is 11.8 Å². The number of rotatable bonds is 1. The van der Waals surface area contributed by atoms with E-state index < -0.39 is 0 Å². The molecule has 1 aliphatic heterocycles. The summed E-state index contributed by atoms with van der Waals surface area (Å²) in [7, 11) is 0. The predicted molar refractivity (Wildman–Crippen MR) is 83.1 cm³/mol. The number of benzene rings is 1. The topological polar surface area (TPSA) is 29.5 Å². The number of para-hydroxylation sites is 1. The molecule has 112 valence electrons. The molecule has 1 N–H and O–H groups in total. The normalized spacial score (nSPS) is 35.5. The molecule has 2 heteroatoms. The van der Waals surface area contributed by atoms with Crippen LogP contribution in [-0.2, 0) is 4.74 Å². The molecule has 1 saturated carbocycles. The summed E-state index contributed by atoms with van der Waals surface area (Å²) in [6, 6.07) is 7.73. The zero-order valence-electron chi connectivity index (χ0n) is 12.5. The molecule has 0 unspecified atom stereocenters. The van der Waals surface area contributed by atoms with E-state index in [1.54, 1.807) is 11.6 Å². The van der Waals surface area contributed by atoms with Crippen LogP contribution in [0.1, 0.15) is 56.6 Å². The highest BCUT2D eigenvalue weighted by molar-refractivity contribution is 5.37. The van der Waals surface area contributed by atoms with E-state index in [1.807, 2.05) is 18.2 Å². The van der Waals surface area contributed by atoms with Crippen LogP contribution >= 0.6 is 0 Å². The van der Waals surface area contributed by atoms with Gasteiger partial charge in [-0.05, 0) is 38.2 Å². The monoisotopic (exact) mass is 284 g/mol. The Balaban J connectivity index is 1.72. The number of fused-ring (bicyclic) bond motifs is 3. The minimum absolute atomic E-state index is 0.0529. The summed E-state index contributed by atoms with van der Waals surface area (Å²) < 4.78 is 6.53. The molecule has 0 amide bonds. The van der Waals surface area contributed by atoms with Crippen LogP contribution in [0.3, 0.4) is 0 Å². The molecule has 0 aromatic heterocycles. The number of phenols is 1. The van der Waals surface area contributed by atoms with Crippen LogP contribution < -0.4 is 0 Å². The Hall–Kier alpha value is -1.28. The van der Waals surface area contributed by atoms with E-state index in [2.05, 4.69) is 6.08 Å². The van der Waals surface area contributed by atoms with Gasteiger partial charge in [-0.3, -0.25) is 0 Å². The van der Waals surface area contributed by atoms with Crippen molar-refractivity contribution in [2.45, 2.75) is 57.2 Å². The van der Waals surface area contributed by atoms with Gasteiger partial charge in [-0.25, -0.2) is 0 Å². The summed E-state index contributed by atoms with van der Waals surface area (Å²) in [6.07, 6.45) is 11.7. The van der Waals surface area contributed by atoms with Crippen molar-refractivity contribution in [1.29, 1.82) is 0 Å². The zero-order valence-corrected chi connectivity index (χ0v) is 12.5. The van der Waals surface area contributed by atoms with Gasteiger partial charge in [0.15, 0.2) is 0 Å². The molecule has 1 heterocycles. The van der Waals surface area contributed by atoms with Gasteiger partial charge in [0.1, 0.15) is 5.75 Å². The molecule has 2 nitrogen and oxygen atoms in total. The third-order valence-electron chi connectivity index (χ3n) is 5.59. The fraction of sp³-hybridized carbons (Fsp3) is 0.579. The first-order chi connectivity index (χ1) is 10.3. The van der Waals surface area contributed by atoms with Crippen molar-refractivity contribution in [3.63, 3.8) is 0 Å². The lowest BCUT2D eigenvalue weighted by molar-refractivity contribution is -0.107.